The highest BCUT2D eigenvalue weighted by atomic mass is 19.1. The van der Waals surface area contributed by atoms with Crippen molar-refractivity contribution in [3.8, 4) is 0 Å². The van der Waals surface area contributed by atoms with E-state index in [9.17, 15) is 18.8 Å². The van der Waals surface area contributed by atoms with Gasteiger partial charge in [-0.25, -0.2) is 14.1 Å². The molecule has 1 aliphatic heterocycles. The van der Waals surface area contributed by atoms with Crippen LogP contribution in [0, 0.1) is 12.7 Å². The van der Waals surface area contributed by atoms with Crippen molar-refractivity contribution in [2.45, 2.75) is 13.5 Å². The first-order valence-electron chi connectivity index (χ1n) is 8.18. The summed E-state index contributed by atoms with van der Waals surface area (Å²) >= 11 is 0. The number of amides is 2. The molecule has 8 nitrogen and oxygen atoms in total. The molecule has 0 unspecified atom stereocenters. The monoisotopic (exact) mass is 381 g/mol. The molecule has 0 bridgehead atoms. The van der Waals surface area contributed by atoms with Gasteiger partial charge in [0.1, 0.15) is 5.82 Å². The predicted molar refractivity (Wildman–Crippen MR) is 92.1 cm³/mol. The van der Waals surface area contributed by atoms with Gasteiger partial charge in [0.2, 0.25) is 5.89 Å². The van der Waals surface area contributed by atoms with E-state index in [1.807, 2.05) is 0 Å². The summed E-state index contributed by atoms with van der Waals surface area (Å²) in [6.45, 7) is 1.39. The van der Waals surface area contributed by atoms with Crippen molar-refractivity contribution in [1.82, 2.24) is 10.2 Å². The van der Waals surface area contributed by atoms with Crippen molar-refractivity contribution in [3.05, 3.63) is 76.8 Å². The summed E-state index contributed by atoms with van der Waals surface area (Å²) in [5, 5.41) is 7.34. The second-order valence-corrected chi connectivity index (χ2v) is 5.97. The lowest BCUT2D eigenvalue weighted by Gasteiger charge is -2.13. The number of aryl methyl sites for hydroxylation is 1. The molecule has 1 aromatic heterocycles. The lowest BCUT2D eigenvalue weighted by atomic mass is 10.1. The molecule has 140 valence electrons. The minimum absolute atomic E-state index is 0.0670. The number of halogens is 1. The summed E-state index contributed by atoms with van der Waals surface area (Å²) in [5.74, 6) is -1.86. The Morgan fingerprint density at radius 1 is 1.07 bits per heavy atom. The van der Waals surface area contributed by atoms with Crippen molar-refractivity contribution in [1.29, 1.82) is 0 Å². The molecular weight excluding hydrogens is 369 g/mol. The van der Waals surface area contributed by atoms with Gasteiger partial charge in [-0.15, -0.1) is 10.2 Å². The van der Waals surface area contributed by atoms with Gasteiger partial charge in [0, 0.05) is 6.92 Å². The quantitative estimate of drug-likeness (QED) is 0.506. The first-order valence-corrected chi connectivity index (χ1v) is 8.18. The number of hydrogen-bond acceptors (Lipinski definition) is 7. The lowest BCUT2D eigenvalue weighted by molar-refractivity contribution is 0.0436. The summed E-state index contributed by atoms with van der Waals surface area (Å²) < 4.78 is 23.3. The largest absolute Gasteiger partial charge is 0.452 e. The van der Waals surface area contributed by atoms with Crippen LogP contribution in [0.25, 0.3) is 0 Å². The smallest absolute Gasteiger partial charge is 0.338 e. The zero-order valence-electron chi connectivity index (χ0n) is 14.5. The van der Waals surface area contributed by atoms with Gasteiger partial charge in [0.15, 0.2) is 6.61 Å². The fourth-order valence-corrected chi connectivity index (χ4v) is 2.80. The minimum atomic E-state index is -0.709. The van der Waals surface area contributed by atoms with E-state index in [1.165, 1.54) is 30.3 Å². The molecule has 0 aliphatic carbocycles. The molecule has 4 rings (SSSR count). The standard InChI is InChI=1S/C19H12FN3O5/c1-10-21-22-16(28-10)9-27-19(26)11-2-7-14-15(8-11)18(25)23(17(14)24)13-5-3-12(20)4-6-13/h2-8H,9H2,1H3. The summed E-state index contributed by atoms with van der Waals surface area (Å²) in [4.78, 5) is 38.4. The topological polar surface area (TPSA) is 103 Å². The SMILES string of the molecule is Cc1nnc(COC(=O)c2ccc3c(c2)C(=O)N(c2ccc(F)cc2)C3=O)o1. The number of ether oxygens (including phenoxy) is 1. The van der Waals surface area contributed by atoms with Crippen LogP contribution >= 0.6 is 0 Å². The second-order valence-electron chi connectivity index (χ2n) is 5.97. The van der Waals surface area contributed by atoms with E-state index in [4.69, 9.17) is 9.15 Å². The summed E-state index contributed by atoms with van der Waals surface area (Å²) in [7, 11) is 0. The Kier molecular flexibility index (Phi) is 4.19. The highest BCUT2D eigenvalue weighted by Gasteiger charge is 2.37. The first-order chi connectivity index (χ1) is 13.4. The number of aromatic nitrogens is 2. The number of hydrogen-bond donors (Lipinski definition) is 0. The molecule has 28 heavy (non-hydrogen) atoms. The third kappa shape index (κ3) is 3.02. The first kappa shape index (κ1) is 17.5. The molecule has 3 aromatic rings. The number of benzene rings is 2. The fraction of sp³-hybridized carbons (Fsp3) is 0.105. The van der Waals surface area contributed by atoms with E-state index >= 15 is 0 Å². The highest BCUT2D eigenvalue weighted by molar-refractivity contribution is 6.34. The van der Waals surface area contributed by atoms with E-state index in [0.717, 1.165) is 17.0 Å². The van der Waals surface area contributed by atoms with Crippen LogP contribution in [-0.2, 0) is 11.3 Å². The van der Waals surface area contributed by atoms with Gasteiger partial charge in [-0.2, -0.15) is 0 Å². The number of anilines is 1. The van der Waals surface area contributed by atoms with Crippen LogP contribution in [0.15, 0.2) is 46.9 Å². The molecule has 2 amide bonds. The average Bonchev–Trinajstić information content (AvgIpc) is 3.22. The Hall–Kier alpha value is -3.88. The second kappa shape index (κ2) is 6.69. The van der Waals surface area contributed by atoms with E-state index in [1.54, 1.807) is 6.92 Å². The van der Waals surface area contributed by atoms with Crippen molar-refractivity contribution in [3.63, 3.8) is 0 Å². The number of carbonyl (C=O) groups is 3. The van der Waals surface area contributed by atoms with Crippen LogP contribution in [0.2, 0.25) is 0 Å². The molecular formula is C19H12FN3O5. The zero-order chi connectivity index (χ0) is 19.8. The van der Waals surface area contributed by atoms with Gasteiger partial charge in [0.05, 0.1) is 22.4 Å². The van der Waals surface area contributed by atoms with Gasteiger partial charge >= 0.3 is 5.97 Å². The molecule has 0 N–H and O–H groups in total. The molecule has 0 atom stereocenters. The molecule has 0 saturated heterocycles. The summed E-state index contributed by atoms with van der Waals surface area (Å²) in [6, 6.07) is 9.03. The van der Waals surface area contributed by atoms with Crippen LogP contribution in [0.3, 0.4) is 0 Å². The minimum Gasteiger partial charge on any atom is -0.452 e. The van der Waals surface area contributed by atoms with Crippen LogP contribution in [-0.4, -0.2) is 28.0 Å². The molecule has 0 saturated carbocycles. The van der Waals surface area contributed by atoms with Crippen molar-refractivity contribution in [2.75, 3.05) is 4.90 Å². The number of fused-ring (bicyclic) bond motifs is 1. The number of imide groups is 1. The number of nitrogens with zero attached hydrogens (tertiary/aromatic N) is 3. The van der Waals surface area contributed by atoms with Gasteiger partial charge in [-0.3, -0.25) is 9.59 Å². The lowest BCUT2D eigenvalue weighted by Crippen LogP contribution is -2.29. The Balaban J connectivity index is 1.56. The van der Waals surface area contributed by atoms with Gasteiger partial charge in [-0.05, 0) is 42.5 Å². The fourth-order valence-electron chi connectivity index (χ4n) is 2.80. The average molecular weight is 381 g/mol. The Labute approximate surface area is 157 Å². The summed E-state index contributed by atoms with van der Waals surface area (Å²) in [6.07, 6.45) is 0. The van der Waals surface area contributed by atoms with Crippen LogP contribution < -0.4 is 4.90 Å². The molecule has 2 heterocycles. The van der Waals surface area contributed by atoms with Crippen LogP contribution in [0.1, 0.15) is 42.9 Å². The third-order valence-electron chi connectivity index (χ3n) is 4.10. The Morgan fingerprint density at radius 2 is 1.79 bits per heavy atom. The zero-order valence-corrected chi connectivity index (χ0v) is 14.5. The van der Waals surface area contributed by atoms with Gasteiger partial charge < -0.3 is 9.15 Å². The number of carbonyl (C=O) groups excluding carboxylic acids is 3. The number of rotatable bonds is 4. The number of esters is 1. The van der Waals surface area contributed by atoms with E-state index < -0.39 is 23.6 Å². The van der Waals surface area contributed by atoms with E-state index in [0.29, 0.717) is 5.89 Å². The Bertz CT molecular complexity index is 1110. The van der Waals surface area contributed by atoms with Gasteiger partial charge in [-0.1, -0.05) is 0 Å². The molecule has 0 radical (unpaired) electrons. The molecule has 0 spiro atoms. The van der Waals surface area contributed by atoms with Crippen LogP contribution in [0.4, 0.5) is 10.1 Å². The normalized spacial score (nSPS) is 13.0. The van der Waals surface area contributed by atoms with Crippen LogP contribution in [0.5, 0.6) is 0 Å². The van der Waals surface area contributed by atoms with Crippen molar-refractivity contribution < 1.29 is 27.9 Å². The van der Waals surface area contributed by atoms with Gasteiger partial charge in [0.25, 0.3) is 17.7 Å². The maximum atomic E-state index is 13.1. The predicted octanol–water partition coefficient (Wildman–Crippen LogP) is 2.67. The maximum Gasteiger partial charge on any atom is 0.338 e. The molecule has 2 aromatic carbocycles. The molecule has 0 fully saturated rings. The molecule has 9 heteroatoms. The maximum absolute atomic E-state index is 13.1. The Morgan fingerprint density at radius 3 is 2.46 bits per heavy atom. The van der Waals surface area contributed by atoms with E-state index in [-0.39, 0.29) is 34.9 Å². The third-order valence-corrected chi connectivity index (χ3v) is 4.10. The van der Waals surface area contributed by atoms with Crippen molar-refractivity contribution in [2.24, 2.45) is 0 Å². The van der Waals surface area contributed by atoms with Crippen molar-refractivity contribution >= 4 is 23.5 Å². The van der Waals surface area contributed by atoms with E-state index in [2.05, 4.69) is 10.2 Å². The summed E-state index contributed by atoms with van der Waals surface area (Å²) in [5.41, 5.74) is 0.552. The highest BCUT2D eigenvalue weighted by Crippen LogP contribution is 2.29. The molecule has 1 aliphatic rings.